The van der Waals surface area contributed by atoms with Crippen LogP contribution < -0.4 is 11.1 Å². The van der Waals surface area contributed by atoms with Crippen molar-refractivity contribution < 1.29 is 9.53 Å². The monoisotopic (exact) mass is 288 g/mol. The highest BCUT2D eigenvalue weighted by molar-refractivity contribution is 5.97. The second kappa shape index (κ2) is 6.30. The molecule has 1 heterocycles. The lowest BCUT2D eigenvalue weighted by Crippen LogP contribution is -2.10. The van der Waals surface area contributed by atoms with E-state index in [2.05, 4.69) is 10.4 Å². The number of esters is 1. The van der Waals surface area contributed by atoms with Crippen molar-refractivity contribution in [1.29, 1.82) is 0 Å². The first kappa shape index (κ1) is 14.9. The fraction of sp³-hybridized carbons (Fsp3) is 0.333. The molecule has 0 bridgehead atoms. The van der Waals surface area contributed by atoms with Gasteiger partial charge in [0.1, 0.15) is 0 Å². The first-order valence-electron chi connectivity index (χ1n) is 6.71. The molecule has 0 unspecified atom stereocenters. The molecule has 0 amide bonds. The minimum absolute atomic E-state index is 0.390. The number of ether oxygens (including phenoxy) is 1. The van der Waals surface area contributed by atoms with E-state index < -0.39 is 5.97 Å². The normalized spacial score (nSPS) is 10.4. The third-order valence-electron chi connectivity index (χ3n) is 3.29. The molecule has 21 heavy (non-hydrogen) atoms. The summed E-state index contributed by atoms with van der Waals surface area (Å²) in [5.74, 6) is -0.425. The highest BCUT2D eigenvalue weighted by atomic mass is 16.5. The van der Waals surface area contributed by atoms with E-state index in [-0.39, 0.29) is 0 Å². The van der Waals surface area contributed by atoms with Crippen molar-refractivity contribution in [2.75, 3.05) is 24.7 Å². The summed E-state index contributed by atoms with van der Waals surface area (Å²) in [7, 11) is 3.24. The number of nitrogens with two attached hydrogens (primary N) is 1. The largest absolute Gasteiger partial charge is 0.465 e. The van der Waals surface area contributed by atoms with Crippen LogP contribution in [0, 0.1) is 6.92 Å². The van der Waals surface area contributed by atoms with Gasteiger partial charge < -0.3 is 15.8 Å². The van der Waals surface area contributed by atoms with E-state index in [1.54, 1.807) is 10.7 Å². The van der Waals surface area contributed by atoms with E-state index in [1.807, 2.05) is 32.4 Å². The van der Waals surface area contributed by atoms with Gasteiger partial charge in [-0.05, 0) is 36.6 Å². The van der Waals surface area contributed by atoms with E-state index in [4.69, 9.17) is 10.5 Å². The molecule has 0 aliphatic rings. The Morgan fingerprint density at radius 3 is 2.86 bits per heavy atom. The number of hydrogen-bond donors (Lipinski definition) is 2. The van der Waals surface area contributed by atoms with Crippen LogP contribution >= 0.6 is 0 Å². The molecule has 0 fully saturated rings. The van der Waals surface area contributed by atoms with Gasteiger partial charge in [-0.3, -0.25) is 4.68 Å². The highest BCUT2D eigenvalue weighted by Gasteiger charge is 2.13. The van der Waals surface area contributed by atoms with Crippen molar-refractivity contribution in [2.45, 2.75) is 13.3 Å². The molecule has 0 spiro atoms. The van der Waals surface area contributed by atoms with E-state index in [0.29, 0.717) is 11.3 Å². The number of carbonyl (C=O) groups excluding carboxylic acids is 1. The second-order valence-corrected chi connectivity index (χ2v) is 4.94. The molecule has 0 aliphatic heterocycles. The third kappa shape index (κ3) is 3.53. The first-order chi connectivity index (χ1) is 10.0. The summed E-state index contributed by atoms with van der Waals surface area (Å²) in [5.41, 5.74) is 9.62. The highest BCUT2D eigenvalue weighted by Crippen LogP contribution is 2.23. The summed E-state index contributed by atoms with van der Waals surface area (Å²) >= 11 is 0. The lowest BCUT2D eigenvalue weighted by molar-refractivity contribution is 0.0602. The molecular weight excluding hydrogens is 268 g/mol. The Balaban J connectivity index is 2.06. The minimum atomic E-state index is -0.425. The number of anilines is 2. The summed E-state index contributed by atoms with van der Waals surface area (Å²) in [4.78, 5) is 11.7. The van der Waals surface area contributed by atoms with E-state index in [1.165, 1.54) is 7.11 Å². The maximum Gasteiger partial charge on any atom is 0.340 e. The van der Waals surface area contributed by atoms with Crippen LogP contribution in [-0.2, 0) is 18.2 Å². The van der Waals surface area contributed by atoms with Gasteiger partial charge in [0, 0.05) is 31.2 Å². The number of rotatable bonds is 5. The fourth-order valence-corrected chi connectivity index (χ4v) is 2.13. The Kier molecular flexibility index (Phi) is 4.47. The van der Waals surface area contributed by atoms with Gasteiger partial charge in [0.05, 0.1) is 18.9 Å². The molecule has 2 aromatic rings. The Bertz CT molecular complexity index is 649. The summed E-state index contributed by atoms with van der Waals surface area (Å²) in [6.45, 7) is 2.61. The number of methoxy groups -OCH3 is 1. The number of nitrogen functional groups attached to an aromatic ring is 1. The zero-order valence-electron chi connectivity index (χ0n) is 12.5. The molecule has 3 N–H and O–H groups in total. The van der Waals surface area contributed by atoms with Crippen molar-refractivity contribution >= 4 is 17.3 Å². The Morgan fingerprint density at radius 1 is 1.48 bits per heavy atom. The molecule has 0 atom stereocenters. The number of aromatic nitrogens is 2. The van der Waals surface area contributed by atoms with Crippen molar-refractivity contribution in [2.24, 2.45) is 7.05 Å². The van der Waals surface area contributed by atoms with Crippen molar-refractivity contribution in [3.05, 3.63) is 41.2 Å². The van der Waals surface area contributed by atoms with Crippen molar-refractivity contribution in [3.63, 3.8) is 0 Å². The van der Waals surface area contributed by atoms with E-state index >= 15 is 0 Å². The van der Waals surface area contributed by atoms with Gasteiger partial charge in [-0.1, -0.05) is 0 Å². The SMILES string of the molecule is COC(=O)c1cc(NCCc2cnn(C)c2)cc(C)c1N. The third-order valence-corrected chi connectivity index (χ3v) is 3.29. The average molecular weight is 288 g/mol. The zero-order valence-corrected chi connectivity index (χ0v) is 12.5. The topological polar surface area (TPSA) is 82.2 Å². The summed E-state index contributed by atoms with van der Waals surface area (Å²) in [5, 5.41) is 7.42. The van der Waals surface area contributed by atoms with E-state index in [0.717, 1.165) is 29.8 Å². The number of nitrogens with one attached hydrogen (secondary N) is 1. The minimum Gasteiger partial charge on any atom is -0.465 e. The lowest BCUT2D eigenvalue weighted by Gasteiger charge is -2.12. The van der Waals surface area contributed by atoms with Crippen LogP contribution in [0.15, 0.2) is 24.5 Å². The molecule has 0 radical (unpaired) electrons. The van der Waals surface area contributed by atoms with Crippen LogP contribution in [0.25, 0.3) is 0 Å². The van der Waals surface area contributed by atoms with Crippen LogP contribution in [0.2, 0.25) is 0 Å². The predicted molar refractivity (Wildman–Crippen MR) is 82.3 cm³/mol. The molecule has 2 rings (SSSR count). The van der Waals surface area contributed by atoms with Crippen LogP contribution in [0.1, 0.15) is 21.5 Å². The van der Waals surface area contributed by atoms with Crippen LogP contribution in [0.4, 0.5) is 11.4 Å². The maximum atomic E-state index is 11.7. The van der Waals surface area contributed by atoms with Gasteiger partial charge >= 0.3 is 5.97 Å². The molecule has 6 nitrogen and oxygen atoms in total. The van der Waals surface area contributed by atoms with Crippen LogP contribution in [0.5, 0.6) is 0 Å². The molecule has 0 aliphatic carbocycles. The van der Waals surface area contributed by atoms with Gasteiger partial charge in [0.25, 0.3) is 0 Å². The lowest BCUT2D eigenvalue weighted by atomic mass is 10.1. The summed E-state index contributed by atoms with van der Waals surface area (Å²) < 4.78 is 6.52. The van der Waals surface area contributed by atoms with Gasteiger partial charge in [-0.15, -0.1) is 0 Å². The van der Waals surface area contributed by atoms with Crippen molar-refractivity contribution in [3.8, 4) is 0 Å². The molecule has 112 valence electrons. The zero-order chi connectivity index (χ0) is 15.4. The fourth-order valence-electron chi connectivity index (χ4n) is 2.13. The van der Waals surface area contributed by atoms with Crippen molar-refractivity contribution in [1.82, 2.24) is 9.78 Å². The molecule has 0 saturated heterocycles. The number of hydrogen-bond acceptors (Lipinski definition) is 5. The Hall–Kier alpha value is -2.50. The smallest absolute Gasteiger partial charge is 0.340 e. The molecule has 1 aromatic heterocycles. The van der Waals surface area contributed by atoms with Crippen LogP contribution in [0.3, 0.4) is 0 Å². The maximum absolute atomic E-state index is 11.7. The van der Waals surface area contributed by atoms with Gasteiger partial charge in [0.15, 0.2) is 0 Å². The number of carbonyl (C=O) groups is 1. The molecule has 0 saturated carbocycles. The number of aryl methyl sites for hydroxylation is 2. The quantitative estimate of drug-likeness (QED) is 0.647. The Labute approximate surface area is 123 Å². The predicted octanol–water partition coefficient (Wildman–Crippen LogP) is 1.75. The Morgan fingerprint density at radius 2 is 2.24 bits per heavy atom. The second-order valence-electron chi connectivity index (χ2n) is 4.94. The van der Waals surface area contributed by atoms with Gasteiger partial charge in [0.2, 0.25) is 0 Å². The van der Waals surface area contributed by atoms with E-state index in [9.17, 15) is 4.79 Å². The molecule has 6 heteroatoms. The first-order valence-corrected chi connectivity index (χ1v) is 6.71. The standard InChI is InChI=1S/C15H20N4O2/c1-10-6-12(7-13(14(10)16)15(20)21-3)17-5-4-11-8-18-19(2)9-11/h6-9,17H,4-5,16H2,1-3H3. The number of nitrogens with zero attached hydrogens (tertiary/aromatic N) is 2. The summed E-state index contributed by atoms with van der Waals surface area (Å²) in [6.07, 6.45) is 4.68. The van der Waals surface area contributed by atoms with Crippen LogP contribution in [-0.4, -0.2) is 29.4 Å². The average Bonchev–Trinajstić information content (AvgIpc) is 2.87. The van der Waals surface area contributed by atoms with Gasteiger partial charge in [-0.25, -0.2) is 4.79 Å². The summed E-state index contributed by atoms with van der Waals surface area (Å²) in [6, 6.07) is 3.64. The van der Waals surface area contributed by atoms with Gasteiger partial charge in [-0.2, -0.15) is 5.10 Å². The molecule has 1 aromatic carbocycles. The molecular formula is C15H20N4O2. The number of benzene rings is 1.